The molecule has 3 aromatic rings. The van der Waals surface area contributed by atoms with E-state index in [1.807, 2.05) is 17.8 Å². The maximum absolute atomic E-state index is 13.8. The monoisotopic (exact) mass is 358 g/mol. The van der Waals surface area contributed by atoms with Crippen molar-refractivity contribution in [3.8, 4) is 0 Å². The highest BCUT2D eigenvalue weighted by molar-refractivity contribution is 7.99. The van der Waals surface area contributed by atoms with Crippen LogP contribution in [0.4, 0.5) is 4.39 Å². The molecule has 24 heavy (non-hydrogen) atoms. The number of hydrogen-bond acceptors (Lipinski definition) is 1. The molecular weight excluding hydrogens is 339 g/mol. The molecule has 0 radical (unpaired) electrons. The number of alkyl halides is 1. The molecule has 0 saturated carbocycles. The van der Waals surface area contributed by atoms with Gasteiger partial charge in [-0.25, -0.2) is 4.39 Å². The fraction of sp³-hybridized carbons (Fsp3) is 0.238. The molecule has 0 atom stereocenters. The number of benzene rings is 3. The lowest BCUT2D eigenvalue weighted by molar-refractivity contribution is 0.629. The fourth-order valence-corrected chi connectivity index (χ4v) is 3.99. The van der Waals surface area contributed by atoms with E-state index >= 15 is 0 Å². The number of hydrogen-bond donors (Lipinski definition) is 0. The van der Waals surface area contributed by atoms with Crippen LogP contribution in [0.3, 0.4) is 0 Å². The molecule has 124 valence electrons. The Hall–Kier alpha value is -1.51. The van der Waals surface area contributed by atoms with Crippen molar-refractivity contribution >= 4 is 34.1 Å². The van der Waals surface area contributed by atoms with Crippen molar-refractivity contribution < 1.29 is 4.39 Å². The molecule has 0 N–H and O–H groups in total. The highest BCUT2D eigenvalue weighted by atomic mass is 35.5. The molecule has 3 heteroatoms. The first-order chi connectivity index (χ1) is 11.6. The molecule has 0 saturated heterocycles. The van der Waals surface area contributed by atoms with Gasteiger partial charge in [0.05, 0.1) is 0 Å². The maximum atomic E-state index is 13.8. The van der Waals surface area contributed by atoms with Crippen LogP contribution in [0, 0.1) is 12.7 Å². The van der Waals surface area contributed by atoms with Crippen molar-refractivity contribution in [3.63, 3.8) is 0 Å². The van der Waals surface area contributed by atoms with E-state index in [2.05, 4.69) is 44.2 Å². The van der Waals surface area contributed by atoms with E-state index in [1.54, 1.807) is 6.07 Å². The minimum absolute atomic E-state index is 0.198. The minimum atomic E-state index is -0.198. The Balaban J connectivity index is 2.06. The van der Waals surface area contributed by atoms with Gasteiger partial charge >= 0.3 is 0 Å². The first-order valence-corrected chi connectivity index (χ1v) is 9.62. The Morgan fingerprint density at radius 1 is 1.04 bits per heavy atom. The summed E-state index contributed by atoms with van der Waals surface area (Å²) in [7, 11) is 0. The third kappa shape index (κ3) is 3.60. The molecule has 0 aliphatic rings. The van der Waals surface area contributed by atoms with E-state index in [0.717, 1.165) is 34.1 Å². The van der Waals surface area contributed by atoms with Crippen LogP contribution in [0.2, 0.25) is 0 Å². The van der Waals surface area contributed by atoms with E-state index in [0.29, 0.717) is 5.88 Å². The Morgan fingerprint density at radius 2 is 1.79 bits per heavy atom. The van der Waals surface area contributed by atoms with E-state index in [4.69, 9.17) is 11.6 Å². The van der Waals surface area contributed by atoms with Crippen LogP contribution in [-0.2, 0) is 12.3 Å². The van der Waals surface area contributed by atoms with Crippen LogP contribution in [0.15, 0.2) is 53.4 Å². The highest BCUT2D eigenvalue weighted by Gasteiger charge is 2.11. The van der Waals surface area contributed by atoms with E-state index in [9.17, 15) is 4.39 Å². The van der Waals surface area contributed by atoms with Gasteiger partial charge in [-0.3, -0.25) is 0 Å². The van der Waals surface area contributed by atoms with Crippen molar-refractivity contribution in [1.29, 1.82) is 0 Å². The zero-order chi connectivity index (χ0) is 17.1. The normalized spacial score (nSPS) is 11.2. The maximum Gasteiger partial charge on any atom is 0.123 e. The van der Waals surface area contributed by atoms with Crippen LogP contribution in [0.5, 0.6) is 0 Å². The van der Waals surface area contributed by atoms with Crippen molar-refractivity contribution in [2.24, 2.45) is 0 Å². The molecular formula is C21H20ClFS. The molecule has 0 aliphatic heterocycles. The average Bonchev–Trinajstić information content (AvgIpc) is 2.59. The van der Waals surface area contributed by atoms with Crippen LogP contribution < -0.4 is 0 Å². The molecule has 3 aromatic carbocycles. The summed E-state index contributed by atoms with van der Waals surface area (Å²) in [6.07, 6.45) is 0.785. The van der Waals surface area contributed by atoms with Gasteiger partial charge in [0.15, 0.2) is 0 Å². The summed E-state index contributed by atoms with van der Waals surface area (Å²) >= 11 is 7.95. The van der Waals surface area contributed by atoms with Gasteiger partial charge in [0, 0.05) is 10.8 Å². The molecule has 0 heterocycles. The third-order valence-corrected chi connectivity index (χ3v) is 5.55. The quantitative estimate of drug-likeness (QED) is 0.360. The Morgan fingerprint density at radius 3 is 2.46 bits per heavy atom. The molecule has 0 spiro atoms. The standard InChI is InChI=1S/C21H20ClFS/c1-3-24-19-8-4-15(5-9-19)10-20-14(2)17(13-22)11-16-6-7-18(23)12-21(16)20/h4-9,11-12H,3,10,13H2,1-2H3. The zero-order valence-corrected chi connectivity index (χ0v) is 15.5. The summed E-state index contributed by atoms with van der Waals surface area (Å²) in [4.78, 5) is 1.28. The molecule has 0 bridgehead atoms. The molecule has 3 rings (SSSR count). The predicted octanol–water partition coefficient (Wildman–Crippen LogP) is 6.73. The number of fused-ring (bicyclic) bond motifs is 1. The predicted molar refractivity (Wildman–Crippen MR) is 104 cm³/mol. The van der Waals surface area contributed by atoms with Crippen LogP contribution in [0.1, 0.15) is 29.2 Å². The summed E-state index contributed by atoms with van der Waals surface area (Å²) in [5, 5.41) is 2.03. The van der Waals surface area contributed by atoms with Gasteiger partial charge in [-0.1, -0.05) is 25.1 Å². The van der Waals surface area contributed by atoms with Gasteiger partial charge in [0.1, 0.15) is 5.82 Å². The lowest BCUT2D eigenvalue weighted by atomic mass is 9.91. The van der Waals surface area contributed by atoms with Gasteiger partial charge in [-0.15, -0.1) is 23.4 Å². The summed E-state index contributed by atoms with van der Waals surface area (Å²) in [5.74, 6) is 1.34. The number of halogens is 2. The molecule has 0 unspecified atom stereocenters. The van der Waals surface area contributed by atoms with E-state index in [-0.39, 0.29) is 5.82 Å². The lowest BCUT2D eigenvalue weighted by Crippen LogP contribution is -1.98. The zero-order valence-electron chi connectivity index (χ0n) is 13.9. The first kappa shape index (κ1) is 17.3. The third-order valence-electron chi connectivity index (χ3n) is 4.36. The second kappa shape index (κ2) is 7.58. The van der Waals surface area contributed by atoms with Crippen molar-refractivity contribution in [3.05, 3.63) is 76.6 Å². The first-order valence-electron chi connectivity index (χ1n) is 8.10. The Kier molecular flexibility index (Phi) is 5.47. The number of thioether (sulfide) groups is 1. The van der Waals surface area contributed by atoms with Crippen molar-refractivity contribution in [2.75, 3.05) is 5.75 Å². The van der Waals surface area contributed by atoms with Crippen LogP contribution >= 0.6 is 23.4 Å². The summed E-state index contributed by atoms with van der Waals surface area (Å²) in [5.41, 5.74) is 4.67. The molecule has 0 aliphatic carbocycles. The summed E-state index contributed by atoms with van der Waals surface area (Å²) in [6.45, 7) is 4.24. The molecule has 0 amide bonds. The summed E-state index contributed by atoms with van der Waals surface area (Å²) in [6, 6.07) is 15.7. The second-order valence-corrected chi connectivity index (χ2v) is 7.50. The van der Waals surface area contributed by atoms with Gasteiger partial charge in [0.2, 0.25) is 0 Å². The Labute approximate surface area is 152 Å². The van der Waals surface area contributed by atoms with Crippen LogP contribution in [-0.4, -0.2) is 5.75 Å². The van der Waals surface area contributed by atoms with Crippen LogP contribution in [0.25, 0.3) is 10.8 Å². The topological polar surface area (TPSA) is 0 Å². The minimum Gasteiger partial charge on any atom is -0.207 e. The second-order valence-electron chi connectivity index (χ2n) is 5.89. The summed E-state index contributed by atoms with van der Waals surface area (Å²) < 4.78 is 13.8. The lowest BCUT2D eigenvalue weighted by Gasteiger charge is -2.15. The molecule has 0 aromatic heterocycles. The largest absolute Gasteiger partial charge is 0.207 e. The highest BCUT2D eigenvalue weighted by Crippen LogP contribution is 2.30. The van der Waals surface area contributed by atoms with E-state index in [1.165, 1.54) is 22.1 Å². The van der Waals surface area contributed by atoms with Gasteiger partial charge in [-0.2, -0.15) is 0 Å². The average molecular weight is 359 g/mol. The Bertz CT molecular complexity index is 856. The van der Waals surface area contributed by atoms with Gasteiger partial charge in [0.25, 0.3) is 0 Å². The SMILES string of the molecule is CCSc1ccc(Cc2c(C)c(CCl)cc3ccc(F)cc23)cc1. The number of rotatable bonds is 5. The van der Waals surface area contributed by atoms with Crippen molar-refractivity contribution in [2.45, 2.75) is 31.0 Å². The van der Waals surface area contributed by atoms with Gasteiger partial charge in [-0.05, 0) is 82.5 Å². The molecule has 0 nitrogen and oxygen atoms in total. The van der Waals surface area contributed by atoms with E-state index < -0.39 is 0 Å². The smallest absolute Gasteiger partial charge is 0.123 e. The van der Waals surface area contributed by atoms with Crippen molar-refractivity contribution in [1.82, 2.24) is 0 Å². The van der Waals surface area contributed by atoms with Gasteiger partial charge < -0.3 is 0 Å². The fourth-order valence-electron chi connectivity index (χ4n) is 3.05. The molecule has 0 fully saturated rings.